The maximum atomic E-state index is 12.4. The molecule has 0 saturated carbocycles. The van der Waals surface area contributed by atoms with Crippen LogP contribution in [0.25, 0.3) is 10.9 Å². The van der Waals surface area contributed by atoms with E-state index in [1.807, 2.05) is 38.2 Å². The van der Waals surface area contributed by atoms with Gasteiger partial charge in [0.1, 0.15) is 5.69 Å². The Balaban J connectivity index is 2.01. The van der Waals surface area contributed by atoms with Gasteiger partial charge in [-0.1, -0.05) is 32.0 Å². The molecule has 0 aliphatic carbocycles. The van der Waals surface area contributed by atoms with E-state index >= 15 is 0 Å². The van der Waals surface area contributed by atoms with Crippen LogP contribution in [0, 0.1) is 5.92 Å². The molecule has 2 N–H and O–H groups in total. The lowest BCUT2D eigenvalue weighted by Crippen LogP contribution is -2.22. The van der Waals surface area contributed by atoms with Crippen molar-refractivity contribution in [3.05, 3.63) is 57.8 Å². The van der Waals surface area contributed by atoms with E-state index in [1.165, 1.54) is 0 Å². The first-order valence-corrected chi connectivity index (χ1v) is 8.77. The van der Waals surface area contributed by atoms with Crippen LogP contribution in [-0.2, 0) is 12.8 Å². The van der Waals surface area contributed by atoms with Crippen LogP contribution < -0.4 is 10.3 Å². The summed E-state index contributed by atoms with van der Waals surface area (Å²) in [5, 5.41) is 1.14. The first-order chi connectivity index (χ1) is 11.9. The first-order valence-electron chi connectivity index (χ1n) is 8.77. The Labute approximate surface area is 147 Å². The van der Waals surface area contributed by atoms with Crippen LogP contribution >= 0.6 is 0 Å². The van der Waals surface area contributed by atoms with Crippen molar-refractivity contribution in [3.8, 4) is 5.88 Å². The minimum Gasteiger partial charge on any atom is -0.474 e. The smallest absolute Gasteiger partial charge is 0.270 e. The quantitative estimate of drug-likeness (QED) is 0.717. The summed E-state index contributed by atoms with van der Waals surface area (Å²) in [4.78, 5) is 23.2. The Hall–Kier alpha value is -2.56. The molecule has 5 nitrogen and oxygen atoms in total. The molecule has 0 amide bonds. The van der Waals surface area contributed by atoms with Crippen molar-refractivity contribution in [2.24, 2.45) is 5.92 Å². The maximum absolute atomic E-state index is 12.4. The standard InChI is InChI=1S/C20H25N3O2/c1-12(2)9-17-19(24)22-18(20(23-17)25-13(3)4)10-14-11-21-16-8-6-5-7-15(14)16/h5-8,11-13,21H,9-10H2,1-4H3,(H,22,24). The Bertz CT molecular complexity index is 922. The molecule has 1 aromatic carbocycles. The molecule has 2 aromatic heterocycles. The highest BCUT2D eigenvalue weighted by molar-refractivity contribution is 5.83. The van der Waals surface area contributed by atoms with Crippen molar-refractivity contribution in [2.45, 2.75) is 46.6 Å². The normalized spacial score (nSPS) is 11.6. The van der Waals surface area contributed by atoms with E-state index in [-0.39, 0.29) is 11.7 Å². The van der Waals surface area contributed by atoms with E-state index < -0.39 is 0 Å². The molecular formula is C20H25N3O2. The van der Waals surface area contributed by atoms with Gasteiger partial charge in [0.2, 0.25) is 5.88 Å². The fraction of sp³-hybridized carbons (Fsp3) is 0.400. The number of aromatic nitrogens is 3. The number of para-hydroxylation sites is 1. The molecule has 5 heteroatoms. The molecule has 25 heavy (non-hydrogen) atoms. The van der Waals surface area contributed by atoms with Gasteiger partial charge in [-0.05, 0) is 37.8 Å². The zero-order valence-electron chi connectivity index (χ0n) is 15.2. The topological polar surface area (TPSA) is 70.8 Å². The molecule has 3 rings (SSSR count). The molecule has 0 radical (unpaired) electrons. The summed E-state index contributed by atoms with van der Waals surface area (Å²) in [5.41, 5.74) is 3.32. The number of rotatable bonds is 6. The largest absolute Gasteiger partial charge is 0.474 e. The molecule has 0 atom stereocenters. The fourth-order valence-corrected chi connectivity index (χ4v) is 2.94. The van der Waals surface area contributed by atoms with E-state index in [0.717, 1.165) is 22.2 Å². The number of H-pyrrole nitrogens is 2. The molecule has 0 aliphatic heterocycles. The number of nitrogens with one attached hydrogen (secondary N) is 2. The van der Waals surface area contributed by atoms with Gasteiger partial charge in [0, 0.05) is 23.5 Å². The lowest BCUT2D eigenvalue weighted by Gasteiger charge is -2.14. The van der Waals surface area contributed by atoms with E-state index in [2.05, 4.69) is 34.9 Å². The molecule has 0 spiro atoms. The average Bonchev–Trinajstić information content (AvgIpc) is 2.94. The molecule has 0 fully saturated rings. The third-order valence-corrected chi connectivity index (χ3v) is 4.01. The van der Waals surface area contributed by atoms with Crippen LogP contribution in [0.4, 0.5) is 0 Å². The molecule has 3 aromatic rings. The SMILES string of the molecule is CC(C)Cc1nc(OC(C)C)c(Cc2c[nH]c3ccccc23)[nH]c1=O. The Morgan fingerprint density at radius 2 is 1.92 bits per heavy atom. The Morgan fingerprint density at radius 3 is 2.64 bits per heavy atom. The Kier molecular flexibility index (Phi) is 4.93. The van der Waals surface area contributed by atoms with Crippen LogP contribution in [0.5, 0.6) is 5.88 Å². The zero-order chi connectivity index (χ0) is 18.0. The third-order valence-electron chi connectivity index (χ3n) is 4.01. The number of aromatic amines is 2. The van der Waals surface area contributed by atoms with Crippen molar-refractivity contribution >= 4 is 10.9 Å². The number of benzene rings is 1. The predicted molar refractivity (Wildman–Crippen MR) is 100 cm³/mol. The highest BCUT2D eigenvalue weighted by Gasteiger charge is 2.16. The van der Waals surface area contributed by atoms with Gasteiger partial charge in [0.15, 0.2) is 0 Å². The van der Waals surface area contributed by atoms with Crippen molar-refractivity contribution in [1.82, 2.24) is 15.0 Å². The van der Waals surface area contributed by atoms with Gasteiger partial charge in [0.25, 0.3) is 5.56 Å². The predicted octanol–water partition coefficient (Wildman–Crippen LogP) is 3.83. The van der Waals surface area contributed by atoms with Crippen LogP contribution in [0.2, 0.25) is 0 Å². The van der Waals surface area contributed by atoms with E-state index in [9.17, 15) is 4.79 Å². The van der Waals surface area contributed by atoms with Crippen molar-refractivity contribution in [1.29, 1.82) is 0 Å². The number of fused-ring (bicyclic) bond motifs is 1. The van der Waals surface area contributed by atoms with Crippen LogP contribution in [0.1, 0.15) is 44.6 Å². The van der Waals surface area contributed by atoms with E-state index in [0.29, 0.717) is 30.3 Å². The molecule has 0 unspecified atom stereocenters. The second-order valence-electron chi connectivity index (χ2n) is 7.10. The summed E-state index contributed by atoms with van der Waals surface area (Å²) in [7, 11) is 0. The molecular weight excluding hydrogens is 314 g/mol. The molecule has 0 saturated heterocycles. The zero-order valence-corrected chi connectivity index (χ0v) is 15.2. The minimum atomic E-state index is -0.125. The van der Waals surface area contributed by atoms with Crippen molar-refractivity contribution < 1.29 is 4.74 Å². The minimum absolute atomic E-state index is 0.00739. The summed E-state index contributed by atoms with van der Waals surface area (Å²) in [6.45, 7) is 8.07. The van der Waals surface area contributed by atoms with Crippen LogP contribution in [0.15, 0.2) is 35.3 Å². The lowest BCUT2D eigenvalue weighted by atomic mass is 10.1. The van der Waals surface area contributed by atoms with Gasteiger partial charge in [-0.25, -0.2) is 4.98 Å². The summed E-state index contributed by atoms with van der Waals surface area (Å²) in [6, 6.07) is 8.12. The molecule has 0 bridgehead atoms. The maximum Gasteiger partial charge on any atom is 0.270 e. The highest BCUT2D eigenvalue weighted by atomic mass is 16.5. The summed E-state index contributed by atoms with van der Waals surface area (Å²) in [6.07, 6.45) is 3.17. The average molecular weight is 339 g/mol. The summed E-state index contributed by atoms with van der Waals surface area (Å²) < 4.78 is 5.89. The third kappa shape index (κ3) is 3.92. The number of hydrogen-bond donors (Lipinski definition) is 2. The van der Waals surface area contributed by atoms with Gasteiger partial charge in [-0.3, -0.25) is 4.79 Å². The van der Waals surface area contributed by atoms with Gasteiger partial charge in [0.05, 0.1) is 11.8 Å². The lowest BCUT2D eigenvalue weighted by molar-refractivity contribution is 0.228. The van der Waals surface area contributed by atoms with Gasteiger partial charge in [-0.15, -0.1) is 0 Å². The van der Waals surface area contributed by atoms with Crippen molar-refractivity contribution in [3.63, 3.8) is 0 Å². The Morgan fingerprint density at radius 1 is 1.16 bits per heavy atom. The van der Waals surface area contributed by atoms with Gasteiger partial charge >= 0.3 is 0 Å². The summed E-state index contributed by atoms with van der Waals surface area (Å²) >= 11 is 0. The number of hydrogen-bond acceptors (Lipinski definition) is 3. The van der Waals surface area contributed by atoms with E-state index in [4.69, 9.17) is 4.74 Å². The molecule has 0 aliphatic rings. The van der Waals surface area contributed by atoms with Gasteiger partial charge in [-0.2, -0.15) is 0 Å². The van der Waals surface area contributed by atoms with Crippen LogP contribution in [0.3, 0.4) is 0 Å². The second kappa shape index (κ2) is 7.13. The number of ether oxygens (including phenoxy) is 1. The summed E-state index contributed by atoms with van der Waals surface area (Å²) in [5.74, 6) is 0.885. The second-order valence-corrected chi connectivity index (χ2v) is 7.10. The van der Waals surface area contributed by atoms with Gasteiger partial charge < -0.3 is 14.7 Å². The van der Waals surface area contributed by atoms with Crippen LogP contribution in [-0.4, -0.2) is 21.1 Å². The number of nitrogens with zero attached hydrogens (tertiary/aromatic N) is 1. The highest BCUT2D eigenvalue weighted by Crippen LogP contribution is 2.24. The van der Waals surface area contributed by atoms with E-state index in [1.54, 1.807) is 0 Å². The monoisotopic (exact) mass is 339 g/mol. The molecule has 132 valence electrons. The fourth-order valence-electron chi connectivity index (χ4n) is 2.94. The first kappa shape index (κ1) is 17.3. The van der Waals surface area contributed by atoms with Crippen molar-refractivity contribution in [2.75, 3.05) is 0 Å². The molecule has 2 heterocycles.